The lowest BCUT2D eigenvalue weighted by atomic mass is 9.86. The number of carboxylic acids is 1. The van der Waals surface area contributed by atoms with Gasteiger partial charge in [0.05, 0.1) is 5.92 Å². The fraction of sp³-hybridized carbons (Fsp3) is 0.417. The van der Waals surface area contributed by atoms with Crippen LogP contribution < -0.4 is 5.32 Å². The number of hydrogen-bond acceptors (Lipinski definition) is 2. The molecule has 0 fully saturated rings. The molecule has 0 saturated carbocycles. The average Bonchev–Trinajstić information content (AvgIpc) is 2.27. The van der Waals surface area contributed by atoms with E-state index in [2.05, 4.69) is 12.2 Å². The Kier molecular flexibility index (Phi) is 2.62. The fourth-order valence-corrected chi connectivity index (χ4v) is 2.13. The third kappa shape index (κ3) is 1.82. The zero-order chi connectivity index (χ0) is 10.8. The highest BCUT2D eigenvalue weighted by molar-refractivity contribution is 5.80. The van der Waals surface area contributed by atoms with Gasteiger partial charge < -0.3 is 10.4 Å². The van der Waals surface area contributed by atoms with Crippen LogP contribution in [0.5, 0.6) is 0 Å². The topological polar surface area (TPSA) is 49.3 Å². The Morgan fingerprint density at radius 3 is 2.93 bits per heavy atom. The number of benzene rings is 1. The van der Waals surface area contributed by atoms with Crippen LogP contribution in [0.1, 0.15) is 31.2 Å². The highest BCUT2D eigenvalue weighted by Crippen LogP contribution is 2.34. The molecule has 1 aliphatic heterocycles. The van der Waals surface area contributed by atoms with Crippen LogP contribution in [0.3, 0.4) is 0 Å². The molecule has 2 N–H and O–H groups in total. The van der Waals surface area contributed by atoms with E-state index in [0.717, 1.165) is 17.7 Å². The van der Waals surface area contributed by atoms with E-state index in [-0.39, 0.29) is 12.0 Å². The Bertz CT molecular complexity index is 376. The summed E-state index contributed by atoms with van der Waals surface area (Å²) in [6.45, 7) is 2.07. The van der Waals surface area contributed by atoms with Crippen LogP contribution in [0, 0.1) is 0 Å². The Balaban J connectivity index is 2.38. The number of carbonyl (C=O) groups is 1. The molecule has 3 heteroatoms. The van der Waals surface area contributed by atoms with Gasteiger partial charge in [0.2, 0.25) is 0 Å². The van der Waals surface area contributed by atoms with Crippen molar-refractivity contribution in [2.24, 2.45) is 0 Å². The van der Waals surface area contributed by atoms with Crippen molar-refractivity contribution in [3.63, 3.8) is 0 Å². The molecule has 0 aromatic heterocycles. The Morgan fingerprint density at radius 1 is 1.53 bits per heavy atom. The fourth-order valence-electron chi connectivity index (χ4n) is 2.13. The first kappa shape index (κ1) is 10.0. The van der Waals surface area contributed by atoms with Gasteiger partial charge in [-0.25, -0.2) is 0 Å². The van der Waals surface area contributed by atoms with Crippen LogP contribution >= 0.6 is 0 Å². The lowest BCUT2D eigenvalue weighted by Crippen LogP contribution is -2.30. The number of fused-ring (bicyclic) bond motifs is 1. The maximum atomic E-state index is 11.2. The molecule has 1 aliphatic rings. The number of carboxylic acid groups (broad SMARTS) is 1. The highest BCUT2D eigenvalue weighted by atomic mass is 16.4. The Morgan fingerprint density at radius 2 is 2.27 bits per heavy atom. The van der Waals surface area contributed by atoms with Crippen LogP contribution in [0.4, 0.5) is 5.69 Å². The molecule has 3 nitrogen and oxygen atoms in total. The van der Waals surface area contributed by atoms with Crippen molar-refractivity contribution in [2.75, 3.05) is 5.32 Å². The predicted molar refractivity (Wildman–Crippen MR) is 59.1 cm³/mol. The van der Waals surface area contributed by atoms with Crippen LogP contribution in [-0.2, 0) is 4.79 Å². The smallest absolute Gasteiger partial charge is 0.311 e. The van der Waals surface area contributed by atoms with E-state index < -0.39 is 5.97 Å². The largest absolute Gasteiger partial charge is 0.481 e. The minimum absolute atomic E-state index is 0.279. The molecule has 2 atom stereocenters. The molecule has 0 bridgehead atoms. The van der Waals surface area contributed by atoms with Crippen molar-refractivity contribution in [3.8, 4) is 0 Å². The molecule has 0 radical (unpaired) electrons. The minimum Gasteiger partial charge on any atom is -0.481 e. The first-order chi connectivity index (χ1) is 7.22. The van der Waals surface area contributed by atoms with E-state index in [4.69, 9.17) is 0 Å². The van der Waals surface area contributed by atoms with E-state index in [1.807, 2.05) is 24.3 Å². The monoisotopic (exact) mass is 205 g/mol. The van der Waals surface area contributed by atoms with E-state index >= 15 is 0 Å². The van der Waals surface area contributed by atoms with Gasteiger partial charge in [-0.2, -0.15) is 0 Å². The van der Waals surface area contributed by atoms with E-state index in [1.165, 1.54) is 0 Å². The highest BCUT2D eigenvalue weighted by Gasteiger charge is 2.29. The van der Waals surface area contributed by atoms with Gasteiger partial charge in [-0.1, -0.05) is 25.1 Å². The van der Waals surface area contributed by atoms with Crippen molar-refractivity contribution >= 4 is 11.7 Å². The summed E-state index contributed by atoms with van der Waals surface area (Å²) in [7, 11) is 0. The van der Waals surface area contributed by atoms with Gasteiger partial charge in [0.15, 0.2) is 0 Å². The zero-order valence-electron chi connectivity index (χ0n) is 8.73. The number of anilines is 1. The molecular formula is C12H15NO2. The molecular weight excluding hydrogens is 190 g/mol. The van der Waals surface area contributed by atoms with Crippen molar-refractivity contribution < 1.29 is 9.90 Å². The van der Waals surface area contributed by atoms with Gasteiger partial charge in [-0.05, 0) is 24.5 Å². The van der Waals surface area contributed by atoms with Gasteiger partial charge >= 0.3 is 5.97 Å². The van der Waals surface area contributed by atoms with Crippen LogP contribution in [-0.4, -0.2) is 17.1 Å². The van der Waals surface area contributed by atoms with Crippen LogP contribution in [0.2, 0.25) is 0 Å². The lowest BCUT2D eigenvalue weighted by Gasteiger charge is -2.30. The standard InChI is InChI=1S/C12H15NO2/c1-2-8-7-10(12(14)15)9-5-3-4-6-11(9)13-8/h3-6,8,10,13H,2,7H2,1H3,(H,14,15). The van der Waals surface area contributed by atoms with Crippen molar-refractivity contribution in [1.82, 2.24) is 0 Å². The Hall–Kier alpha value is -1.51. The van der Waals surface area contributed by atoms with Gasteiger partial charge in [0.1, 0.15) is 0 Å². The quantitative estimate of drug-likeness (QED) is 0.779. The summed E-state index contributed by atoms with van der Waals surface area (Å²) in [6, 6.07) is 7.95. The second-order valence-electron chi connectivity index (χ2n) is 3.96. The molecule has 0 spiro atoms. The summed E-state index contributed by atoms with van der Waals surface area (Å²) < 4.78 is 0. The Labute approximate surface area is 89.1 Å². The van der Waals surface area contributed by atoms with Gasteiger partial charge in [0, 0.05) is 11.7 Å². The van der Waals surface area contributed by atoms with E-state index in [1.54, 1.807) is 0 Å². The molecule has 15 heavy (non-hydrogen) atoms. The van der Waals surface area contributed by atoms with Crippen LogP contribution in [0.15, 0.2) is 24.3 Å². The first-order valence-electron chi connectivity index (χ1n) is 5.30. The number of hydrogen-bond donors (Lipinski definition) is 2. The second kappa shape index (κ2) is 3.93. The molecule has 1 heterocycles. The number of nitrogens with one attached hydrogen (secondary N) is 1. The average molecular weight is 205 g/mol. The van der Waals surface area contributed by atoms with Crippen molar-refractivity contribution in [3.05, 3.63) is 29.8 Å². The molecule has 0 saturated heterocycles. The lowest BCUT2D eigenvalue weighted by molar-refractivity contribution is -0.139. The van der Waals surface area contributed by atoms with Gasteiger partial charge in [-0.15, -0.1) is 0 Å². The van der Waals surface area contributed by atoms with Crippen LogP contribution in [0.25, 0.3) is 0 Å². The number of rotatable bonds is 2. The zero-order valence-corrected chi connectivity index (χ0v) is 8.73. The summed E-state index contributed by atoms with van der Waals surface area (Å²) in [5, 5.41) is 12.5. The van der Waals surface area contributed by atoms with Gasteiger partial charge in [-0.3, -0.25) is 4.79 Å². The normalized spacial score (nSPS) is 24.1. The van der Waals surface area contributed by atoms with Gasteiger partial charge in [0.25, 0.3) is 0 Å². The summed E-state index contributed by atoms with van der Waals surface area (Å²) in [5.74, 6) is -1.07. The number of aliphatic carboxylic acids is 1. The summed E-state index contributed by atoms with van der Waals surface area (Å²) >= 11 is 0. The molecule has 2 rings (SSSR count). The molecule has 1 aromatic carbocycles. The third-order valence-corrected chi connectivity index (χ3v) is 3.01. The molecule has 2 unspecified atom stereocenters. The minimum atomic E-state index is -0.720. The molecule has 80 valence electrons. The predicted octanol–water partition coefficient (Wildman–Crippen LogP) is 2.45. The van der Waals surface area contributed by atoms with E-state index in [0.29, 0.717) is 6.42 Å². The maximum Gasteiger partial charge on any atom is 0.311 e. The SMILES string of the molecule is CCC1CC(C(=O)O)c2ccccc2N1. The number of para-hydroxylation sites is 1. The van der Waals surface area contributed by atoms with Crippen molar-refractivity contribution in [1.29, 1.82) is 0 Å². The summed E-state index contributed by atoms with van der Waals surface area (Å²) in [4.78, 5) is 11.2. The first-order valence-corrected chi connectivity index (χ1v) is 5.30. The molecule has 0 amide bonds. The van der Waals surface area contributed by atoms with Crippen molar-refractivity contribution in [2.45, 2.75) is 31.7 Å². The van der Waals surface area contributed by atoms with E-state index in [9.17, 15) is 9.90 Å². The summed E-state index contributed by atoms with van der Waals surface area (Å²) in [5.41, 5.74) is 1.89. The third-order valence-electron chi connectivity index (χ3n) is 3.01. The maximum absolute atomic E-state index is 11.2. The second-order valence-corrected chi connectivity index (χ2v) is 3.96. The molecule has 1 aromatic rings. The summed E-state index contributed by atoms with van der Waals surface area (Å²) in [6.07, 6.45) is 1.64. The molecule has 0 aliphatic carbocycles.